The van der Waals surface area contributed by atoms with Gasteiger partial charge < -0.3 is 30.3 Å². The Hall–Kier alpha value is 0.0795. The van der Waals surface area contributed by atoms with Gasteiger partial charge in [-0.15, -0.1) is 18.5 Å². The van der Waals surface area contributed by atoms with E-state index in [1.54, 1.807) is 89.9 Å². The van der Waals surface area contributed by atoms with Crippen LogP contribution < -0.4 is 10.6 Å². The van der Waals surface area contributed by atoms with Gasteiger partial charge in [0.2, 0.25) is 0 Å². The van der Waals surface area contributed by atoms with Gasteiger partial charge in [-0.25, -0.2) is 12.1 Å². The quantitative estimate of drug-likeness (QED) is 0.162. The van der Waals surface area contributed by atoms with Gasteiger partial charge in [-0.1, -0.05) is 46.4 Å². The fraction of sp³-hybridized carbons (Fsp3) is 0.762. The molecule has 8 bridgehead atoms. The van der Waals surface area contributed by atoms with Gasteiger partial charge >= 0.3 is 0 Å². The molecule has 10 fully saturated rings. The van der Waals surface area contributed by atoms with E-state index in [0.717, 1.165) is 70.0 Å². The number of hydrogen-bond donors (Lipinski definition) is 0. The van der Waals surface area contributed by atoms with Gasteiger partial charge in [-0.2, -0.15) is 6.07 Å². The molecule has 2 aromatic rings. The van der Waals surface area contributed by atoms with Crippen molar-refractivity contribution in [3.63, 3.8) is 0 Å². The van der Waals surface area contributed by atoms with Gasteiger partial charge in [0, 0.05) is 17.1 Å². The number of rotatable bonds is 6. The van der Waals surface area contributed by atoms with Crippen LogP contribution in [-0.2, 0) is 17.1 Å². The fourth-order valence-corrected chi connectivity index (χ4v) is 22.7. The summed E-state index contributed by atoms with van der Waals surface area (Å²) < 4.78 is 0. The molecule has 0 atom stereocenters. The van der Waals surface area contributed by atoms with E-state index < -0.39 is 0 Å². The second-order valence-electron chi connectivity index (χ2n) is 17.5. The molecule has 0 radical (unpaired) electrons. The maximum Gasteiger partial charge on any atom is 0 e. The fourth-order valence-electron chi connectivity index (χ4n) is 13.8. The Morgan fingerprint density at radius 2 is 0.889 bits per heavy atom. The van der Waals surface area contributed by atoms with Crippen LogP contribution in [0.5, 0.6) is 0 Å². The summed E-state index contributed by atoms with van der Waals surface area (Å²) in [6.07, 6.45) is 31.8. The molecule has 0 unspecified atom stereocenters. The average Bonchev–Trinajstić information content (AvgIpc) is 3.77. The van der Waals surface area contributed by atoms with Crippen LogP contribution in [0.2, 0.25) is 0 Å². The zero-order valence-corrected chi connectivity index (χ0v) is 30.8. The maximum absolute atomic E-state index is 2.82. The van der Waals surface area contributed by atoms with Crippen molar-refractivity contribution in [1.82, 2.24) is 0 Å². The molecule has 12 rings (SSSR count). The van der Waals surface area contributed by atoms with Crippen LogP contribution in [0.4, 0.5) is 0 Å². The smallest absolute Gasteiger partial charge is 0 e. The molecular formula is C42H60FeP2-6. The topological polar surface area (TPSA) is 0 Å². The van der Waals surface area contributed by atoms with Crippen molar-refractivity contribution in [3.8, 4) is 0 Å². The van der Waals surface area contributed by atoms with Crippen LogP contribution in [0.1, 0.15) is 128 Å². The second kappa shape index (κ2) is 14.1. The van der Waals surface area contributed by atoms with Gasteiger partial charge in [-0.3, -0.25) is 0 Å². The molecule has 0 N–H and O–H groups in total. The van der Waals surface area contributed by atoms with Gasteiger partial charge in [0.15, 0.2) is 0 Å². The molecule has 0 spiro atoms. The van der Waals surface area contributed by atoms with Crippen molar-refractivity contribution in [3.05, 3.63) is 48.5 Å². The minimum atomic E-state index is 0. The summed E-state index contributed by atoms with van der Waals surface area (Å²) in [5, 5.41) is 4.11. The van der Waals surface area contributed by atoms with Crippen LogP contribution in [0.25, 0.3) is 0 Å². The molecule has 0 saturated heterocycles. The van der Waals surface area contributed by atoms with Crippen molar-refractivity contribution < 1.29 is 17.1 Å². The molecule has 0 amide bonds. The standard InChI is InChI=1S/C37H55P2.C5H5.Fe/c1-3-8-32(9-4-1)38(33-10-5-2-6-11-33)34-12-7-13-35(34)39(36-28-16-24-14-25(18-28)19-29(36)17-24)37-30-20-26-15-27(22-30)23-31(37)21-26;1-2-4-5-3-1;/h7,12-13,24-33,36-37H,1-6,8-11,14-23H2;1-5H;/q-1;-5;. The Bertz CT molecular complexity index is 1070. The van der Waals surface area contributed by atoms with Crippen LogP contribution in [0.15, 0.2) is 48.5 Å². The monoisotopic (exact) mass is 682 g/mol. The molecule has 45 heavy (non-hydrogen) atoms. The molecule has 10 aliphatic carbocycles. The Kier molecular flexibility index (Phi) is 10.1. The first kappa shape index (κ1) is 32.3. The van der Waals surface area contributed by atoms with Crippen molar-refractivity contribution in [2.75, 3.05) is 0 Å². The summed E-state index contributed by atoms with van der Waals surface area (Å²) >= 11 is 0. The Labute approximate surface area is 289 Å². The SMILES string of the molecule is [Fe].[cH-]1[cH-][cH-][cH-][cH-]1.c1cc(P(C2C3CC4CC(C3)CC2C4)C2C3CC4CC(C3)CC2C4)[c-](P(C2CCCCC2)C2CCCCC2)c1. The van der Waals surface area contributed by atoms with Gasteiger partial charge in [0.1, 0.15) is 0 Å². The third-order valence-corrected chi connectivity index (χ3v) is 22.5. The Morgan fingerprint density at radius 1 is 0.511 bits per heavy atom. The van der Waals surface area contributed by atoms with Crippen molar-refractivity contribution in [2.45, 2.75) is 151 Å². The van der Waals surface area contributed by atoms with E-state index in [1.165, 1.54) is 38.5 Å². The van der Waals surface area contributed by atoms with Crippen LogP contribution in [0.3, 0.4) is 0 Å². The molecule has 252 valence electrons. The normalized spacial score (nSPS) is 41.1. The molecule has 0 aromatic heterocycles. The number of hydrogen-bond acceptors (Lipinski definition) is 0. The van der Waals surface area contributed by atoms with Gasteiger partial charge in [0.25, 0.3) is 0 Å². The minimum absolute atomic E-state index is 0. The van der Waals surface area contributed by atoms with Crippen LogP contribution in [-0.4, -0.2) is 22.6 Å². The first-order valence-corrected chi connectivity index (χ1v) is 22.7. The molecule has 0 heterocycles. The molecule has 10 saturated carbocycles. The first-order valence-electron chi connectivity index (χ1n) is 19.8. The van der Waals surface area contributed by atoms with E-state index in [4.69, 9.17) is 0 Å². The second-order valence-corrected chi connectivity index (χ2v) is 22.7. The van der Waals surface area contributed by atoms with Crippen molar-refractivity contribution in [2.24, 2.45) is 47.3 Å². The summed E-state index contributed by atoms with van der Waals surface area (Å²) in [5.74, 6) is 8.95. The van der Waals surface area contributed by atoms with E-state index in [2.05, 4.69) is 23.5 Å². The van der Waals surface area contributed by atoms with E-state index in [0.29, 0.717) is 0 Å². The van der Waals surface area contributed by atoms with Gasteiger partial charge in [0.05, 0.1) is 0 Å². The molecule has 2 aromatic carbocycles. The van der Waals surface area contributed by atoms with E-state index in [-0.39, 0.29) is 32.9 Å². The summed E-state index contributed by atoms with van der Waals surface area (Å²) in [7, 11) is 0.0385. The third-order valence-electron chi connectivity index (χ3n) is 14.8. The zero-order valence-electron chi connectivity index (χ0n) is 27.9. The first-order chi connectivity index (χ1) is 21.8. The summed E-state index contributed by atoms with van der Waals surface area (Å²) in [4.78, 5) is 0. The maximum atomic E-state index is 2.82. The largest absolute Gasteiger partial charge is 0.748 e. The molecule has 3 heteroatoms. The van der Waals surface area contributed by atoms with E-state index in [9.17, 15) is 0 Å². The predicted octanol–water partition coefficient (Wildman–Crippen LogP) is 11.3. The molecule has 0 nitrogen and oxygen atoms in total. The Morgan fingerprint density at radius 3 is 1.27 bits per heavy atom. The summed E-state index contributed by atoms with van der Waals surface area (Å²) in [6, 6.07) is 18.2. The Balaban J connectivity index is 0.000000460. The van der Waals surface area contributed by atoms with Gasteiger partial charge in [-0.05, 0) is 160 Å². The van der Waals surface area contributed by atoms with Crippen LogP contribution in [0, 0.1) is 47.3 Å². The summed E-state index contributed by atoms with van der Waals surface area (Å²) in [5.41, 5.74) is 4.36. The zero-order chi connectivity index (χ0) is 29.0. The van der Waals surface area contributed by atoms with E-state index >= 15 is 0 Å². The predicted molar refractivity (Wildman–Crippen MR) is 193 cm³/mol. The van der Waals surface area contributed by atoms with Crippen LogP contribution >= 0.6 is 15.8 Å². The van der Waals surface area contributed by atoms with Crippen molar-refractivity contribution in [1.29, 1.82) is 0 Å². The van der Waals surface area contributed by atoms with Crippen molar-refractivity contribution >= 4 is 26.5 Å². The molecular weight excluding hydrogens is 622 g/mol. The molecule has 10 aliphatic rings. The average molecular weight is 683 g/mol. The minimum Gasteiger partial charge on any atom is -0.748 e. The summed E-state index contributed by atoms with van der Waals surface area (Å²) in [6.45, 7) is 0. The third kappa shape index (κ3) is 6.33. The van der Waals surface area contributed by atoms with E-state index in [1.807, 2.05) is 35.6 Å². The molecule has 0 aliphatic heterocycles.